The molecule has 0 aliphatic rings. The van der Waals surface area contributed by atoms with E-state index in [0.717, 1.165) is 0 Å². The molecule has 162 valence electrons. The van der Waals surface area contributed by atoms with Crippen LogP contribution in [0.3, 0.4) is 0 Å². The molecule has 1 heterocycles. The van der Waals surface area contributed by atoms with Crippen molar-refractivity contribution in [3.63, 3.8) is 0 Å². The number of hydrogen-bond donors (Lipinski definition) is 2. The average molecular weight is 484 g/mol. The summed E-state index contributed by atoms with van der Waals surface area (Å²) in [5.41, 5.74) is 1.13. The summed E-state index contributed by atoms with van der Waals surface area (Å²) in [6.07, 6.45) is 2.70. The number of halogens is 4. The van der Waals surface area contributed by atoms with E-state index in [9.17, 15) is 17.2 Å². The van der Waals surface area contributed by atoms with Gasteiger partial charge in [-0.3, -0.25) is 0 Å². The second-order valence-electron chi connectivity index (χ2n) is 6.47. The molecule has 2 aromatic carbocycles. The first-order chi connectivity index (χ1) is 14.7. The number of hydrogen-bond acceptors (Lipinski definition) is 3. The van der Waals surface area contributed by atoms with E-state index in [1.807, 2.05) is 0 Å². The number of aromatic amines is 1. The fraction of sp³-hybridized carbons (Fsp3) is 0.0952. The SMILES string of the molecule is C=CCNS(=O)(=O)c1nc(C(c2ccc(F)c(Cl)c2)c2ccc(F)c(Cl)c2)[nH]c1C=C. The number of benzene rings is 2. The maximum atomic E-state index is 13.7. The highest BCUT2D eigenvalue weighted by Gasteiger charge is 2.28. The van der Waals surface area contributed by atoms with Gasteiger partial charge in [0.15, 0.2) is 5.03 Å². The van der Waals surface area contributed by atoms with Gasteiger partial charge >= 0.3 is 0 Å². The zero-order chi connectivity index (χ0) is 22.8. The number of sulfonamides is 1. The van der Waals surface area contributed by atoms with Crippen LogP contribution in [0.4, 0.5) is 8.78 Å². The molecule has 31 heavy (non-hydrogen) atoms. The molecule has 2 N–H and O–H groups in total. The quantitative estimate of drug-likeness (QED) is 0.427. The summed E-state index contributed by atoms with van der Waals surface area (Å²) in [6, 6.07) is 8.08. The van der Waals surface area contributed by atoms with E-state index in [1.54, 1.807) is 0 Å². The predicted octanol–water partition coefficient (Wildman–Crippen LogP) is 5.28. The molecule has 0 unspecified atom stereocenters. The largest absolute Gasteiger partial charge is 0.341 e. The average Bonchev–Trinajstić information content (AvgIpc) is 3.17. The Morgan fingerprint density at radius 2 is 1.61 bits per heavy atom. The third-order valence-electron chi connectivity index (χ3n) is 4.42. The van der Waals surface area contributed by atoms with Crippen LogP contribution in [0, 0.1) is 11.6 Å². The van der Waals surface area contributed by atoms with Gasteiger partial charge < -0.3 is 4.98 Å². The van der Waals surface area contributed by atoms with Gasteiger partial charge in [0.05, 0.1) is 21.7 Å². The molecule has 5 nitrogen and oxygen atoms in total. The van der Waals surface area contributed by atoms with E-state index < -0.39 is 27.6 Å². The zero-order valence-corrected chi connectivity index (χ0v) is 18.3. The normalized spacial score (nSPS) is 11.6. The van der Waals surface area contributed by atoms with E-state index in [1.165, 1.54) is 48.6 Å². The molecule has 0 saturated carbocycles. The van der Waals surface area contributed by atoms with Gasteiger partial charge in [-0.2, -0.15) is 0 Å². The predicted molar refractivity (Wildman–Crippen MR) is 118 cm³/mol. The number of nitrogens with one attached hydrogen (secondary N) is 2. The van der Waals surface area contributed by atoms with Crippen molar-refractivity contribution in [3.05, 3.63) is 100.0 Å². The molecule has 0 atom stereocenters. The van der Waals surface area contributed by atoms with Gasteiger partial charge in [0.1, 0.15) is 17.5 Å². The highest BCUT2D eigenvalue weighted by molar-refractivity contribution is 7.89. The van der Waals surface area contributed by atoms with Crippen molar-refractivity contribution < 1.29 is 17.2 Å². The minimum Gasteiger partial charge on any atom is -0.341 e. The van der Waals surface area contributed by atoms with Gasteiger partial charge in [-0.25, -0.2) is 26.9 Å². The first-order valence-electron chi connectivity index (χ1n) is 8.90. The first-order valence-corrected chi connectivity index (χ1v) is 11.1. The van der Waals surface area contributed by atoms with E-state index in [-0.39, 0.29) is 33.1 Å². The number of H-pyrrole nitrogens is 1. The fourth-order valence-corrected chi connectivity index (χ4v) is 4.49. The summed E-state index contributed by atoms with van der Waals surface area (Å²) >= 11 is 11.9. The number of imidazole rings is 1. The van der Waals surface area contributed by atoms with Crippen LogP contribution in [-0.4, -0.2) is 24.9 Å². The minimum atomic E-state index is -3.98. The molecule has 0 radical (unpaired) electrons. The van der Waals surface area contributed by atoms with Gasteiger partial charge in [0, 0.05) is 6.54 Å². The summed E-state index contributed by atoms with van der Waals surface area (Å²) in [4.78, 5) is 7.21. The van der Waals surface area contributed by atoms with Crippen LogP contribution in [0.1, 0.15) is 28.6 Å². The van der Waals surface area contributed by atoms with Crippen molar-refractivity contribution in [2.75, 3.05) is 6.54 Å². The molecule has 0 aliphatic heterocycles. The van der Waals surface area contributed by atoms with Crippen LogP contribution in [0.25, 0.3) is 6.08 Å². The van der Waals surface area contributed by atoms with Crippen molar-refractivity contribution in [3.8, 4) is 0 Å². The minimum absolute atomic E-state index is 0.00563. The van der Waals surface area contributed by atoms with Gasteiger partial charge in [0.25, 0.3) is 10.0 Å². The van der Waals surface area contributed by atoms with E-state index in [2.05, 4.69) is 27.8 Å². The summed E-state index contributed by atoms with van der Waals surface area (Å²) in [5.74, 6) is -1.80. The van der Waals surface area contributed by atoms with Crippen LogP contribution in [0.15, 0.2) is 60.7 Å². The Morgan fingerprint density at radius 3 is 2.06 bits per heavy atom. The van der Waals surface area contributed by atoms with Crippen molar-refractivity contribution >= 4 is 39.3 Å². The van der Waals surface area contributed by atoms with E-state index in [0.29, 0.717) is 11.1 Å². The van der Waals surface area contributed by atoms with Gasteiger partial charge in [-0.15, -0.1) is 6.58 Å². The van der Waals surface area contributed by atoms with Crippen molar-refractivity contribution in [1.82, 2.24) is 14.7 Å². The lowest BCUT2D eigenvalue weighted by Crippen LogP contribution is -2.24. The van der Waals surface area contributed by atoms with Crippen LogP contribution >= 0.6 is 23.2 Å². The second-order valence-corrected chi connectivity index (χ2v) is 8.96. The van der Waals surface area contributed by atoms with Crippen molar-refractivity contribution in [1.29, 1.82) is 0 Å². The monoisotopic (exact) mass is 483 g/mol. The number of rotatable bonds is 8. The number of nitrogens with zero attached hydrogens (tertiary/aromatic N) is 1. The van der Waals surface area contributed by atoms with E-state index >= 15 is 0 Å². The molecule has 0 fully saturated rings. The summed E-state index contributed by atoms with van der Waals surface area (Å²) in [6.45, 7) is 7.12. The van der Waals surface area contributed by atoms with E-state index in [4.69, 9.17) is 23.2 Å². The van der Waals surface area contributed by atoms with Gasteiger partial charge in [-0.05, 0) is 41.5 Å². The maximum absolute atomic E-state index is 13.7. The Labute approximate surface area is 188 Å². The Hall–Kier alpha value is -2.52. The fourth-order valence-electron chi connectivity index (χ4n) is 3.00. The number of aromatic nitrogens is 2. The Kier molecular flexibility index (Phi) is 6.96. The molecular formula is C21H17Cl2F2N3O2S. The maximum Gasteiger partial charge on any atom is 0.260 e. The Morgan fingerprint density at radius 1 is 1.06 bits per heavy atom. The molecule has 0 bridgehead atoms. The summed E-state index contributed by atoms with van der Waals surface area (Å²) < 4.78 is 55.1. The first kappa shape index (κ1) is 23.1. The molecule has 3 aromatic rings. The molecule has 0 spiro atoms. The molecule has 0 saturated heterocycles. The second kappa shape index (κ2) is 9.32. The lowest BCUT2D eigenvalue weighted by atomic mass is 9.90. The van der Waals surface area contributed by atoms with Crippen LogP contribution in [-0.2, 0) is 10.0 Å². The van der Waals surface area contributed by atoms with Crippen LogP contribution in [0.2, 0.25) is 10.0 Å². The van der Waals surface area contributed by atoms with Gasteiger partial charge in [-0.1, -0.05) is 48.0 Å². The Bertz CT molecular complexity index is 1210. The third kappa shape index (κ3) is 4.88. The molecule has 10 heteroatoms. The summed E-state index contributed by atoms with van der Waals surface area (Å²) in [5, 5.41) is -0.538. The molecule has 0 amide bonds. The summed E-state index contributed by atoms with van der Waals surface area (Å²) in [7, 11) is -3.98. The van der Waals surface area contributed by atoms with Crippen molar-refractivity contribution in [2.45, 2.75) is 10.9 Å². The van der Waals surface area contributed by atoms with Crippen LogP contribution < -0.4 is 4.72 Å². The van der Waals surface area contributed by atoms with Crippen LogP contribution in [0.5, 0.6) is 0 Å². The topological polar surface area (TPSA) is 74.8 Å². The molecule has 0 aliphatic carbocycles. The molecule has 3 rings (SSSR count). The van der Waals surface area contributed by atoms with Crippen molar-refractivity contribution in [2.24, 2.45) is 0 Å². The lowest BCUT2D eigenvalue weighted by molar-refractivity contribution is 0.582. The van der Waals surface area contributed by atoms with Gasteiger partial charge in [0.2, 0.25) is 0 Å². The standard InChI is InChI=1S/C21H17Cl2F2N3O2S/c1-3-9-26-31(29,30)21-18(4-2)27-20(28-21)19(12-5-7-16(24)14(22)10-12)13-6-8-17(25)15(23)11-13/h3-8,10-11,19,26H,1-2,9H2,(H,27,28). The molecule has 1 aromatic heterocycles. The smallest absolute Gasteiger partial charge is 0.260 e. The third-order valence-corrected chi connectivity index (χ3v) is 6.37. The Balaban J connectivity index is 2.22. The lowest BCUT2D eigenvalue weighted by Gasteiger charge is -2.17. The highest BCUT2D eigenvalue weighted by atomic mass is 35.5. The zero-order valence-electron chi connectivity index (χ0n) is 16.0. The molecular weight excluding hydrogens is 467 g/mol. The highest BCUT2D eigenvalue weighted by Crippen LogP contribution is 2.35.